The first-order chi connectivity index (χ1) is 12.8. The zero-order valence-corrected chi connectivity index (χ0v) is 15.9. The maximum absolute atomic E-state index is 12.6. The first kappa shape index (κ1) is 17.5. The molecule has 0 aliphatic carbocycles. The lowest BCUT2D eigenvalue weighted by Gasteiger charge is -2.27. The highest BCUT2D eigenvalue weighted by Crippen LogP contribution is 2.24. The first-order valence-electron chi connectivity index (χ1n) is 9.16. The number of aromatic amines is 1. The molecule has 0 fully saturated rings. The van der Waals surface area contributed by atoms with Gasteiger partial charge < -0.3 is 15.3 Å². The number of nitrogens with one attached hydrogen (secondary N) is 1. The third-order valence-electron chi connectivity index (χ3n) is 5.50. The van der Waals surface area contributed by atoms with E-state index in [1.807, 2.05) is 37.6 Å². The van der Waals surface area contributed by atoms with Gasteiger partial charge in [0.1, 0.15) is 5.69 Å². The first-order valence-corrected chi connectivity index (χ1v) is 9.16. The van der Waals surface area contributed by atoms with Crippen LogP contribution in [0.5, 0.6) is 0 Å². The summed E-state index contributed by atoms with van der Waals surface area (Å²) in [6.07, 6.45) is 0.868. The van der Waals surface area contributed by atoms with Gasteiger partial charge in [0.2, 0.25) is 0 Å². The van der Waals surface area contributed by atoms with E-state index in [0.29, 0.717) is 12.2 Å². The van der Waals surface area contributed by atoms with Crippen molar-refractivity contribution in [2.45, 2.75) is 33.4 Å². The van der Waals surface area contributed by atoms with Crippen LogP contribution in [-0.4, -0.2) is 26.9 Å². The Labute approximate surface area is 157 Å². The van der Waals surface area contributed by atoms with Crippen molar-refractivity contribution >= 4 is 16.8 Å². The summed E-state index contributed by atoms with van der Waals surface area (Å²) in [6.45, 7) is 6.30. The van der Waals surface area contributed by atoms with Crippen molar-refractivity contribution in [1.29, 1.82) is 0 Å². The number of pyridine rings is 1. The molecule has 1 amide bonds. The van der Waals surface area contributed by atoms with Crippen molar-refractivity contribution in [3.05, 3.63) is 68.3 Å². The quantitative estimate of drug-likeness (QED) is 0.747. The van der Waals surface area contributed by atoms with Crippen LogP contribution in [0.3, 0.4) is 0 Å². The number of aromatic nitrogens is 2. The fourth-order valence-electron chi connectivity index (χ4n) is 4.16. The summed E-state index contributed by atoms with van der Waals surface area (Å²) >= 11 is 0. The summed E-state index contributed by atoms with van der Waals surface area (Å²) in [7, 11) is 1.88. The average molecular weight is 364 g/mol. The third-order valence-corrected chi connectivity index (χ3v) is 5.50. The lowest BCUT2D eigenvalue weighted by atomic mass is 10.1. The summed E-state index contributed by atoms with van der Waals surface area (Å²) in [5.41, 5.74) is 12.4. The number of H-pyrrole nitrogens is 1. The monoisotopic (exact) mass is 364 g/mol. The van der Waals surface area contributed by atoms with E-state index in [4.69, 9.17) is 5.73 Å². The SMILES string of the molecule is Cc1cc(C)c2[nH]c(CN3CCc4cc(C(N)=O)n(C)c4C3)cc(=O)c2c1. The maximum Gasteiger partial charge on any atom is 0.265 e. The summed E-state index contributed by atoms with van der Waals surface area (Å²) in [5, 5.41) is 0.741. The lowest BCUT2D eigenvalue weighted by molar-refractivity contribution is 0.0992. The van der Waals surface area contributed by atoms with Crippen molar-refractivity contribution in [2.24, 2.45) is 12.8 Å². The summed E-state index contributed by atoms with van der Waals surface area (Å²) in [4.78, 5) is 29.9. The fourth-order valence-corrected chi connectivity index (χ4v) is 4.16. The van der Waals surface area contributed by atoms with Crippen molar-refractivity contribution in [1.82, 2.24) is 14.5 Å². The number of hydrogen-bond acceptors (Lipinski definition) is 3. The van der Waals surface area contributed by atoms with Crippen molar-refractivity contribution in [2.75, 3.05) is 6.54 Å². The molecule has 2 aromatic heterocycles. The van der Waals surface area contributed by atoms with Gasteiger partial charge in [-0.25, -0.2) is 0 Å². The van der Waals surface area contributed by atoms with Crippen LogP contribution in [-0.2, 0) is 26.6 Å². The molecule has 1 aliphatic heterocycles. The Bertz CT molecular complexity index is 1120. The van der Waals surface area contributed by atoms with Crippen LogP contribution in [0.1, 0.15) is 38.6 Å². The van der Waals surface area contributed by atoms with Gasteiger partial charge in [-0.3, -0.25) is 14.5 Å². The molecule has 3 aromatic rings. The van der Waals surface area contributed by atoms with Gasteiger partial charge in [-0.1, -0.05) is 6.07 Å². The highest BCUT2D eigenvalue weighted by atomic mass is 16.1. The molecule has 6 nitrogen and oxygen atoms in total. The largest absolute Gasteiger partial charge is 0.364 e. The second-order valence-corrected chi connectivity index (χ2v) is 7.55. The predicted molar refractivity (Wildman–Crippen MR) is 106 cm³/mol. The molecular formula is C21H24N4O2. The van der Waals surface area contributed by atoms with Crippen molar-refractivity contribution < 1.29 is 4.79 Å². The van der Waals surface area contributed by atoms with Gasteiger partial charge >= 0.3 is 0 Å². The topological polar surface area (TPSA) is 84.1 Å². The summed E-state index contributed by atoms with van der Waals surface area (Å²) in [6, 6.07) is 7.63. The van der Waals surface area contributed by atoms with Gasteiger partial charge in [0, 0.05) is 49.5 Å². The van der Waals surface area contributed by atoms with E-state index in [-0.39, 0.29) is 5.43 Å². The molecule has 4 rings (SSSR count). The number of nitrogens with two attached hydrogens (primary N) is 1. The second-order valence-electron chi connectivity index (χ2n) is 7.55. The number of primary amides is 1. The number of aryl methyl sites for hydroxylation is 2. The number of hydrogen-bond donors (Lipinski definition) is 2. The van der Waals surface area contributed by atoms with E-state index in [9.17, 15) is 9.59 Å². The molecular weight excluding hydrogens is 340 g/mol. The minimum Gasteiger partial charge on any atom is -0.364 e. The molecule has 140 valence electrons. The molecule has 6 heteroatoms. The molecule has 0 saturated carbocycles. The highest BCUT2D eigenvalue weighted by Gasteiger charge is 2.23. The zero-order valence-electron chi connectivity index (χ0n) is 15.9. The minimum absolute atomic E-state index is 0.0538. The normalized spacial score (nSPS) is 14.5. The zero-order chi connectivity index (χ0) is 19.3. The molecule has 0 saturated heterocycles. The number of benzene rings is 1. The molecule has 0 bridgehead atoms. The van der Waals surface area contributed by atoms with Crippen LogP contribution in [0.4, 0.5) is 0 Å². The van der Waals surface area contributed by atoms with Crippen LogP contribution in [0.25, 0.3) is 10.9 Å². The number of carbonyl (C=O) groups excluding carboxylic acids is 1. The fraction of sp³-hybridized carbons (Fsp3) is 0.333. The number of carbonyl (C=O) groups is 1. The van der Waals surface area contributed by atoms with Crippen LogP contribution < -0.4 is 11.2 Å². The van der Waals surface area contributed by atoms with Crippen LogP contribution in [0.15, 0.2) is 29.1 Å². The maximum atomic E-state index is 12.6. The Hall–Kier alpha value is -2.86. The number of amides is 1. The van der Waals surface area contributed by atoms with Gasteiger partial charge in [-0.15, -0.1) is 0 Å². The number of rotatable bonds is 3. The minimum atomic E-state index is -0.400. The van der Waals surface area contributed by atoms with Gasteiger partial charge in [-0.2, -0.15) is 0 Å². The molecule has 0 atom stereocenters. The highest BCUT2D eigenvalue weighted by molar-refractivity contribution is 5.91. The molecule has 27 heavy (non-hydrogen) atoms. The Morgan fingerprint density at radius 1 is 1.22 bits per heavy atom. The van der Waals surface area contributed by atoms with Crippen LogP contribution in [0, 0.1) is 13.8 Å². The number of fused-ring (bicyclic) bond motifs is 2. The van der Waals surface area contributed by atoms with E-state index in [1.165, 1.54) is 5.56 Å². The lowest BCUT2D eigenvalue weighted by Crippen LogP contribution is -2.31. The summed E-state index contributed by atoms with van der Waals surface area (Å²) in [5.74, 6) is -0.400. The Balaban J connectivity index is 1.64. The average Bonchev–Trinajstić information content (AvgIpc) is 2.93. The standard InChI is InChI=1S/C21H24N4O2/c1-12-6-13(2)20-16(7-12)19(26)9-15(23-20)10-25-5-4-14-8-17(21(22)27)24(3)18(14)11-25/h6-9H,4-5,10-11H2,1-3H3,(H2,22,27)(H,23,26). The van der Waals surface area contributed by atoms with Crippen LogP contribution >= 0.6 is 0 Å². The smallest absolute Gasteiger partial charge is 0.265 e. The number of nitrogens with zero attached hydrogens (tertiary/aromatic N) is 2. The van der Waals surface area contributed by atoms with Gasteiger partial charge in [0.15, 0.2) is 5.43 Å². The Kier molecular flexibility index (Phi) is 4.15. The summed E-state index contributed by atoms with van der Waals surface area (Å²) < 4.78 is 1.89. The van der Waals surface area contributed by atoms with E-state index >= 15 is 0 Å². The third kappa shape index (κ3) is 3.06. The van der Waals surface area contributed by atoms with Crippen molar-refractivity contribution in [3.63, 3.8) is 0 Å². The molecule has 1 aromatic carbocycles. The molecule has 3 heterocycles. The molecule has 1 aliphatic rings. The molecule has 3 N–H and O–H groups in total. The Morgan fingerprint density at radius 2 is 2.00 bits per heavy atom. The second kappa shape index (κ2) is 6.39. The van der Waals surface area contributed by atoms with Gasteiger partial charge in [0.25, 0.3) is 5.91 Å². The predicted octanol–water partition coefficient (Wildman–Crippen LogP) is 2.14. The Morgan fingerprint density at radius 3 is 2.74 bits per heavy atom. The van der Waals surface area contributed by atoms with Crippen molar-refractivity contribution in [3.8, 4) is 0 Å². The van der Waals surface area contributed by atoms with E-state index in [0.717, 1.165) is 52.9 Å². The molecule has 0 radical (unpaired) electrons. The van der Waals surface area contributed by atoms with Gasteiger partial charge in [-0.05, 0) is 49.1 Å². The van der Waals surface area contributed by atoms with E-state index in [2.05, 4.69) is 16.0 Å². The molecule has 0 unspecified atom stereocenters. The van der Waals surface area contributed by atoms with Crippen LogP contribution in [0.2, 0.25) is 0 Å². The van der Waals surface area contributed by atoms with E-state index in [1.54, 1.807) is 6.07 Å². The van der Waals surface area contributed by atoms with E-state index < -0.39 is 5.91 Å². The van der Waals surface area contributed by atoms with Gasteiger partial charge in [0.05, 0.1) is 5.52 Å². The molecule has 0 spiro atoms.